The van der Waals surface area contributed by atoms with Gasteiger partial charge in [-0.2, -0.15) is 0 Å². The maximum atomic E-state index is 5.73. The van der Waals surface area contributed by atoms with Crippen molar-refractivity contribution in [3.63, 3.8) is 0 Å². The van der Waals surface area contributed by atoms with E-state index < -0.39 is 0 Å². The first-order chi connectivity index (χ1) is 36.0. The zero-order valence-electron chi connectivity index (χ0n) is 40.9. The zero-order chi connectivity index (χ0) is 49.0. The number of aromatic nitrogens is 3. The predicted molar refractivity (Wildman–Crippen MR) is 309 cm³/mol. The summed E-state index contributed by atoms with van der Waals surface area (Å²) in [4.78, 5) is 11.4. The van der Waals surface area contributed by atoms with Crippen molar-refractivity contribution >= 4 is 77.1 Å². The molecule has 0 radical (unpaired) electrons. The molecule has 73 heavy (non-hydrogen) atoms. The minimum atomic E-state index is 0.467. The quantitative estimate of drug-likeness (QED) is 0.102. The minimum absolute atomic E-state index is 0.467. The number of para-hydroxylation sites is 5. The van der Waals surface area contributed by atoms with E-state index in [-0.39, 0.29) is 0 Å². The molecule has 0 N–H and O–H groups in total. The molecule has 3 aromatic heterocycles. The Bertz CT molecular complexity index is 4320. The van der Waals surface area contributed by atoms with E-state index >= 15 is 0 Å². The van der Waals surface area contributed by atoms with Crippen LogP contribution in [-0.2, 0) is 12.8 Å². The van der Waals surface area contributed by atoms with Gasteiger partial charge in [-0.1, -0.05) is 208 Å². The smallest absolute Gasteiger partial charge is 0.235 e. The average molecular weight is 938 g/mol. The molecule has 10 aromatic carbocycles. The lowest BCUT2D eigenvalue weighted by Gasteiger charge is -2.18. The van der Waals surface area contributed by atoms with Gasteiger partial charge in [0.05, 0.1) is 33.1 Å². The summed E-state index contributed by atoms with van der Waals surface area (Å²) >= 11 is 0. The van der Waals surface area contributed by atoms with Gasteiger partial charge in [-0.3, -0.25) is 4.57 Å². The standard InChI is InChI=1S/C68H51N5/c1-4-47-22-14-15-29-53(47)54-40-41-58-55-30-16-19-33-62(55)71(51-25-10-6-11-26-51)65(58)61(54)44-45(2)69-68(70-46(3)48-36-38-50(39-37-48)49-23-8-5-9-24-49)73-64-35-21-18-32-57(64)60-43-42-59-56-31-17-20-34-63(56)72(66(59)67(60)73)52-27-12-7-13-28-52/h5-43H,2,4,44H2,1,3H3. The van der Waals surface area contributed by atoms with Crippen molar-refractivity contribution in [2.45, 2.75) is 26.7 Å². The molecule has 0 unspecified atom stereocenters. The normalized spacial score (nSPS) is 12.3. The molecule has 13 aromatic rings. The van der Waals surface area contributed by atoms with Crippen molar-refractivity contribution in [2.75, 3.05) is 0 Å². The van der Waals surface area contributed by atoms with E-state index in [0.29, 0.717) is 18.1 Å². The number of benzene rings is 10. The van der Waals surface area contributed by atoms with Gasteiger partial charge in [0.2, 0.25) is 5.96 Å². The lowest BCUT2D eigenvalue weighted by Crippen LogP contribution is -2.14. The number of aliphatic imine (C=N–C) groups is 2. The molecule has 0 spiro atoms. The van der Waals surface area contributed by atoms with Crippen LogP contribution in [0.4, 0.5) is 0 Å². The molecule has 0 atom stereocenters. The van der Waals surface area contributed by atoms with E-state index in [1.165, 1.54) is 38.4 Å². The van der Waals surface area contributed by atoms with Crippen LogP contribution in [-0.4, -0.2) is 25.4 Å². The molecule has 13 rings (SSSR count). The summed E-state index contributed by atoms with van der Waals surface area (Å²) in [6.45, 7) is 9.24. The van der Waals surface area contributed by atoms with Crippen molar-refractivity contribution < 1.29 is 0 Å². The molecule has 0 aliphatic rings. The predicted octanol–water partition coefficient (Wildman–Crippen LogP) is 17.4. The largest absolute Gasteiger partial charge is 0.309 e. The van der Waals surface area contributed by atoms with E-state index in [9.17, 15) is 0 Å². The van der Waals surface area contributed by atoms with E-state index in [1.54, 1.807) is 0 Å². The molecule has 0 aliphatic heterocycles. The van der Waals surface area contributed by atoms with Gasteiger partial charge < -0.3 is 9.13 Å². The van der Waals surface area contributed by atoms with Crippen LogP contribution in [0.1, 0.15) is 30.5 Å². The molecule has 3 heterocycles. The lowest BCUT2D eigenvalue weighted by molar-refractivity contribution is 1.07. The first-order valence-electron chi connectivity index (χ1n) is 25.2. The number of rotatable bonds is 9. The van der Waals surface area contributed by atoms with Crippen LogP contribution in [0.2, 0.25) is 0 Å². The number of allylic oxidation sites excluding steroid dienone is 1. The fourth-order valence-electron chi connectivity index (χ4n) is 11.3. The number of hydrogen-bond donors (Lipinski definition) is 0. The van der Waals surface area contributed by atoms with Crippen LogP contribution in [0.3, 0.4) is 0 Å². The van der Waals surface area contributed by atoms with Gasteiger partial charge in [-0.15, -0.1) is 0 Å². The first kappa shape index (κ1) is 43.7. The summed E-state index contributed by atoms with van der Waals surface area (Å²) in [7, 11) is 0. The maximum Gasteiger partial charge on any atom is 0.235 e. The summed E-state index contributed by atoms with van der Waals surface area (Å²) in [5, 5.41) is 6.98. The van der Waals surface area contributed by atoms with Gasteiger partial charge in [0.1, 0.15) is 0 Å². The molecular formula is C68H51N5. The average Bonchev–Trinajstić information content (AvgIpc) is 4.10. The first-order valence-corrected chi connectivity index (χ1v) is 25.2. The van der Waals surface area contributed by atoms with E-state index in [0.717, 1.165) is 89.5 Å². The second-order valence-corrected chi connectivity index (χ2v) is 18.9. The molecule has 0 saturated carbocycles. The highest BCUT2D eigenvalue weighted by molar-refractivity contribution is 6.26. The Morgan fingerprint density at radius 3 is 1.52 bits per heavy atom. The van der Waals surface area contributed by atoms with E-state index in [4.69, 9.17) is 16.6 Å². The number of hydrogen-bond acceptors (Lipinski definition) is 1. The number of fused-ring (bicyclic) bond motifs is 10. The van der Waals surface area contributed by atoms with Gasteiger partial charge in [-0.05, 0) is 94.8 Å². The molecule has 5 nitrogen and oxygen atoms in total. The third-order valence-corrected chi connectivity index (χ3v) is 14.6. The Morgan fingerprint density at radius 1 is 0.411 bits per heavy atom. The topological polar surface area (TPSA) is 39.5 Å². The molecule has 5 heteroatoms. The van der Waals surface area contributed by atoms with Gasteiger partial charge in [-0.25, -0.2) is 9.98 Å². The van der Waals surface area contributed by atoms with Crippen molar-refractivity contribution in [3.8, 4) is 33.6 Å². The van der Waals surface area contributed by atoms with Crippen LogP contribution in [0, 0.1) is 0 Å². The van der Waals surface area contributed by atoms with Crippen molar-refractivity contribution in [1.82, 2.24) is 13.7 Å². The van der Waals surface area contributed by atoms with E-state index in [2.05, 4.69) is 264 Å². The van der Waals surface area contributed by atoms with Crippen molar-refractivity contribution in [2.24, 2.45) is 9.98 Å². The maximum absolute atomic E-state index is 5.73. The number of aryl methyl sites for hydroxylation is 1. The lowest BCUT2D eigenvalue weighted by atomic mass is 9.90. The molecular weight excluding hydrogens is 887 g/mol. The molecule has 0 fully saturated rings. The zero-order valence-corrected chi connectivity index (χ0v) is 40.9. The molecule has 0 amide bonds. The molecule has 0 aliphatic carbocycles. The van der Waals surface area contributed by atoms with Gasteiger partial charge >= 0.3 is 0 Å². The van der Waals surface area contributed by atoms with Gasteiger partial charge in [0.15, 0.2) is 0 Å². The summed E-state index contributed by atoms with van der Waals surface area (Å²) in [6, 6.07) is 84.8. The highest BCUT2D eigenvalue weighted by atomic mass is 15.2. The summed E-state index contributed by atoms with van der Waals surface area (Å²) in [5.41, 5.74) is 18.5. The Kier molecular flexibility index (Phi) is 10.8. The van der Waals surface area contributed by atoms with Crippen LogP contribution < -0.4 is 0 Å². The molecule has 0 saturated heterocycles. The van der Waals surface area contributed by atoms with Gasteiger partial charge in [0, 0.05) is 61.5 Å². The monoisotopic (exact) mass is 937 g/mol. The highest BCUT2D eigenvalue weighted by Crippen LogP contribution is 2.43. The summed E-state index contributed by atoms with van der Waals surface area (Å²) < 4.78 is 7.14. The van der Waals surface area contributed by atoms with Crippen LogP contribution in [0.25, 0.3) is 99.0 Å². The van der Waals surface area contributed by atoms with Crippen LogP contribution >= 0.6 is 0 Å². The Hall–Kier alpha value is -9.32. The van der Waals surface area contributed by atoms with Gasteiger partial charge in [0.25, 0.3) is 0 Å². The molecule has 348 valence electrons. The number of nitrogens with zero attached hydrogens (tertiary/aromatic N) is 5. The van der Waals surface area contributed by atoms with Crippen LogP contribution in [0.15, 0.2) is 259 Å². The fraction of sp³-hybridized carbons (Fsp3) is 0.0588. The Balaban J connectivity index is 1.09. The van der Waals surface area contributed by atoms with E-state index in [1.807, 2.05) is 0 Å². The SMILES string of the molecule is C=C(Cc1c(-c2ccccc2CC)ccc2c3ccccc3n(-c3ccccc3)c12)N=C(N=C(C)c1ccc(-c2ccccc2)cc1)n1c2ccccc2c2ccc3c4ccccc4n(-c4ccccc4)c3c21. The Labute approximate surface area is 424 Å². The second-order valence-electron chi connectivity index (χ2n) is 18.9. The third-order valence-electron chi connectivity index (χ3n) is 14.6. The summed E-state index contributed by atoms with van der Waals surface area (Å²) in [5.74, 6) is 0.546. The highest BCUT2D eigenvalue weighted by Gasteiger charge is 2.25. The molecule has 0 bridgehead atoms. The van der Waals surface area contributed by atoms with Crippen LogP contribution in [0.5, 0.6) is 0 Å². The third kappa shape index (κ3) is 7.39. The van der Waals surface area contributed by atoms with Crippen molar-refractivity contribution in [1.29, 1.82) is 0 Å². The Morgan fingerprint density at radius 2 is 0.890 bits per heavy atom. The second kappa shape index (κ2) is 18.1. The summed E-state index contributed by atoms with van der Waals surface area (Å²) in [6.07, 6.45) is 1.37. The van der Waals surface area contributed by atoms with Crippen molar-refractivity contribution in [3.05, 3.63) is 266 Å². The minimum Gasteiger partial charge on any atom is -0.309 e. The fourth-order valence-corrected chi connectivity index (χ4v) is 11.3.